The number of benzene rings is 2. The van der Waals surface area contributed by atoms with Crippen molar-refractivity contribution in [2.24, 2.45) is 0 Å². The highest BCUT2D eigenvalue weighted by molar-refractivity contribution is 5.96. The highest BCUT2D eigenvalue weighted by Gasteiger charge is 2.12. The second-order valence-electron chi connectivity index (χ2n) is 4.48. The molecular formula is C16H17NO3. The number of ether oxygens (including phenoxy) is 1. The quantitative estimate of drug-likeness (QED) is 0.839. The normalized spacial score (nSPS) is 10.2. The number of esters is 1. The summed E-state index contributed by atoms with van der Waals surface area (Å²) < 4.78 is 4.76. The molecule has 0 aliphatic carbocycles. The Morgan fingerprint density at radius 1 is 1.20 bits per heavy atom. The van der Waals surface area contributed by atoms with Crippen LogP contribution in [-0.2, 0) is 11.3 Å². The molecule has 20 heavy (non-hydrogen) atoms. The van der Waals surface area contributed by atoms with E-state index in [1.807, 2.05) is 31.2 Å². The third-order valence-corrected chi connectivity index (χ3v) is 3.03. The summed E-state index contributed by atoms with van der Waals surface area (Å²) in [5.74, 6) is -0.397. The van der Waals surface area contributed by atoms with E-state index >= 15 is 0 Å². The van der Waals surface area contributed by atoms with Gasteiger partial charge in [-0.25, -0.2) is 4.79 Å². The van der Waals surface area contributed by atoms with Crippen molar-refractivity contribution in [3.8, 4) is 0 Å². The zero-order valence-corrected chi connectivity index (χ0v) is 11.5. The molecule has 104 valence electrons. The van der Waals surface area contributed by atoms with Gasteiger partial charge < -0.3 is 15.2 Å². The van der Waals surface area contributed by atoms with Crippen LogP contribution in [-0.4, -0.2) is 18.2 Å². The molecule has 2 N–H and O–H groups in total. The van der Waals surface area contributed by atoms with Crippen molar-refractivity contribution in [2.45, 2.75) is 13.5 Å². The zero-order chi connectivity index (χ0) is 14.5. The van der Waals surface area contributed by atoms with Crippen LogP contribution in [0.15, 0.2) is 42.5 Å². The van der Waals surface area contributed by atoms with Gasteiger partial charge in [-0.1, -0.05) is 29.8 Å². The van der Waals surface area contributed by atoms with Crippen LogP contribution in [0.4, 0.5) is 11.4 Å². The molecule has 0 unspecified atom stereocenters. The third-order valence-electron chi connectivity index (χ3n) is 3.03. The fourth-order valence-electron chi connectivity index (χ4n) is 2.00. The lowest BCUT2D eigenvalue weighted by atomic mass is 10.1. The third kappa shape index (κ3) is 2.97. The molecule has 0 radical (unpaired) electrons. The highest BCUT2D eigenvalue weighted by Crippen LogP contribution is 2.25. The minimum atomic E-state index is -0.397. The Balaban J connectivity index is 2.38. The number of aliphatic hydroxyl groups excluding tert-OH is 1. The van der Waals surface area contributed by atoms with Gasteiger partial charge in [-0.3, -0.25) is 0 Å². The number of aliphatic hydroxyl groups is 1. The summed E-state index contributed by atoms with van der Waals surface area (Å²) in [6.07, 6.45) is 0. The van der Waals surface area contributed by atoms with Crippen LogP contribution in [0.25, 0.3) is 0 Å². The number of hydrogen-bond donors (Lipinski definition) is 2. The van der Waals surface area contributed by atoms with Gasteiger partial charge >= 0.3 is 5.97 Å². The number of aryl methyl sites for hydroxylation is 1. The first kappa shape index (κ1) is 14.1. The van der Waals surface area contributed by atoms with Crippen LogP contribution in [0.1, 0.15) is 21.5 Å². The van der Waals surface area contributed by atoms with Crippen molar-refractivity contribution in [2.75, 3.05) is 12.4 Å². The second-order valence-corrected chi connectivity index (χ2v) is 4.48. The molecule has 0 heterocycles. The summed E-state index contributed by atoms with van der Waals surface area (Å²) in [6.45, 7) is 1.90. The first-order valence-electron chi connectivity index (χ1n) is 6.30. The van der Waals surface area contributed by atoms with Gasteiger partial charge in [0.1, 0.15) is 0 Å². The molecule has 0 fully saturated rings. The Hall–Kier alpha value is -2.33. The molecule has 4 nitrogen and oxygen atoms in total. The van der Waals surface area contributed by atoms with Crippen LogP contribution in [0, 0.1) is 6.92 Å². The predicted octanol–water partition coefficient (Wildman–Crippen LogP) is 3.02. The molecule has 0 aliphatic heterocycles. The molecule has 0 amide bonds. The standard InChI is InChI=1S/C16H17NO3/c1-11-7-8-14(12(9-11)10-18)17-15-6-4-3-5-13(15)16(19)20-2/h3-9,17-18H,10H2,1-2H3. The van der Waals surface area contributed by atoms with Crippen LogP contribution >= 0.6 is 0 Å². The average molecular weight is 271 g/mol. The van der Waals surface area contributed by atoms with Crippen molar-refractivity contribution in [1.29, 1.82) is 0 Å². The zero-order valence-electron chi connectivity index (χ0n) is 11.5. The number of para-hydroxylation sites is 1. The number of nitrogens with one attached hydrogen (secondary N) is 1. The molecule has 0 saturated carbocycles. The summed E-state index contributed by atoms with van der Waals surface area (Å²) in [6, 6.07) is 12.8. The molecule has 4 heteroatoms. The molecule has 2 aromatic carbocycles. The van der Waals surface area contributed by atoms with Crippen molar-refractivity contribution >= 4 is 17.3 Å². The maximum atomic E-state index is 11.7. The number of rotatable bonds is 4. The Morgan fingerprint density at radius 3 is 2.65 bits per heavy atom. The smallest absolute Gasteiger partial charge is 0.339 e. The van der Waals surface area contributed by atoms with Crippen molar-refractivity contribution in [1.82, 2.24) is 0 Å². The van der Waals surface area contributed by atoms with Gasteiger partial charge in [-0.05, 0) is 25.1 Å². The summed E-state index contributed by atoms with van der Waals surface area (Å²) in [5.41, 5.74) is 3.73. The molecule has 0 spiro atoms. The Morgan fingerprint density at radius 2 is 1.95 bits per heavy atom. The molecule has 0 saturated heterocycles. The van der Waals surface area contributed by atoms with Crippen LogP contribution in [0.5, 0.6) is 0 Å². The van der Waals surface area contributed by atoms with Crippen LogP contribution < -0.4 is 5.32 Å². The van der Waals surface area contributed by atoms with Crippen molar-refractivity contribution in [3.63, 3.8) is 0 Å². The lowest BCUT2D eigenvalue weighted by molar-refractivity contribution is 0.0602. The largest absolute Gasteiger partial charge is 0.465 e. The molecule has 0 bridgehead atoms. The summed E-state index contributed by atoms with van der Waals surface area (Å²) >= 11 is 0. The van der Waals surface area contributed by atoms with E-state index in [4.69, 9.17) is 4.74 Å². The van der Waals surface area contributed by atoms with E-state index in [0.29, 0.717) is 11.3 Å². The Kier molecular flexibility index (Phi) is 4.38. The van der Waals surface area contributed by atoms with Gasteiger partial charge in [0.15, 0.2) is 0 Å². The first-order chi connectivity index (χ1) is 9.65. The Labute approximate surface area is 118 Å². The number of hydrogen-bond acceptors (Lipinski definition) is 4. The molecular weight excluding hydrogens is 254 g/mol. The van der Waals surface area contributed by atoms with E-state index < -0.39 is 5.97 Å². The minimum absolute atomic E-state index is 0.0651. The summed E-state index contributed by atoms with van der Waals surface area (Å²) in [4.78, 5) is 11.7. The van der Waals surface area contributed by atoms with Gasteiger partial charge in [0.2, 0.25) is 0 Å². The molecule has 0 aromatic heterocycles. The predicted molar refractivity (Wildman–Crippen MR) is 78.2 cm³/mol. The van der Waals surface area contributed by atoms with E-state index in [9.17, 15) is 9.90 Å². The topological polar surface area (TPSA) is 58.6 Å². The molecule has 2 rings (SSSR count). The molecule has 0 atom stereocenters. The second kappa shape index (κ2) is 6.21. The fourth-order valence-corrected chi connectivity index (χ4v) is 2.00. The lowest BCUT2D eigenvalue weighted by Crippen LogP contribution is -2.06. The van der Waals surface area contributed by atoms with Crippen LogP contribution in [0.2, 0.25) is 0 Å². The molecule has 2 aromatic rings. The van der Waals surface area contributed by atoms with E-state index in [1.165, 1.54) is 7.11 Å². The maximum Gasteiger partial charge on any atom is 0.339 e. The SMILES string of the molecule is COC(=O)c1ccccc1Nc1ccc(C)cc1CO. The van der Waals surface area contributed by atoms with Gasteiger partial charge in [0.05, 0.1) is 25.0 Å². The number of methoxy groups -OCH3 is 1. The van der Waals surface area contributed by atoms with E-state index in [1.54, 1.807) is 18.2 Å². The van der Waals surface area contributed by atoms with E-state index in [2.05, 4.69) is 5.32 Å². The van der Waals surface area contributed by atoms with Crippen molar-refractivity contribution < 1.29 is 14.6 Å². The lowest BCUT2D eigenvalue weighted by Gasteiger charge is -2.14. The van der Waals surface area contributed by atoms with Crippen LogP contribution in [0.3, 0.4) is 0 Å². The van der Waals surface area contributed by atoms with Gasteiger partial charge in [0.25, 0.3) is 0 Å². The fraction of sp³-hybridized carbons (Fsp3) is 0.188. The Bertz CT molecular complexity index is 623. The summed E-state index contributed by atoms with van der Waals surface area (Å²) in [5, 5.41) is 12.6. The van der Waals surface area contributed by atoms with Gasteiger partial charge in [-0.15, -0.1) is 0 Å². The van der Waals surface area contributed by atoms with Gasteiger partial charge in [0, 0.05) is 11.3 Å². The van der Waals surface area contributed by atoms with Crippen molar-refractivity contribution in [3.05, 3.63) is 59.2 Å². The number of carbonyl (C=O) groups is 1. The number of carbonyl (C=O) groups excluding carboxylic acids is 1. The minimum Gasteiger partial charge on any atom is -0.465 e. The maximum absolute atomic E-state index is 11.7. The van der Waals surface area contributed by atoms with E-state index in [0.717, 1.165) is 16.8 Å². The highest BCUT2D eigenvalue weighted by atomic mass is 16.5. The monoisotopic (exact) mass is 271 g/mol. The summed E-state index contributed by atoms with van der Waals surface area (Å²) in [7, 11) is 1.35. The number of anilines is 2. The average Bonchev–Trinajstić information content (AvgIpc) is 2.48. The molecule has 0 aliphatic rings. The first-order valence-corrected chi connectivity index (χ1v) is 6.30. The van der Waals surface area contributed by atoms with Gasteiger partial charge in [-0.2, -0.15) is 0 Å². The van der Waals surface area contributed by atoms with E-state index in [-0.39, 0.29) is 6.61 Å².